The minimum atomic E-state index is 0.685. The molecule has 2 nitrogen and oxygen atoms in total. The number of piperidine rings is 1. The van der Waals surface area contributed by atoms with Gasteiger partial charge in [-0.15, -0.1) is 6.42 Å². The lowest BCUT2D eigenvalue weighted by atomic mass is 9.98. The van der Waals surface area contributed by atoms with Crippen LogP contribution < -0.4 is 5.32 Å². The summed E-state index contributed by atoms with van der Waals surface area (Å²) < 4.78 is 0. The summed E-state index contributed by atoms with van der Waals surface area (Å²) in [7, 11) is 0. The van der Waals surface area contributed by atoms with E-state index in [-0.39, 0.29) is 0 Å². The van der Waals surface area contributed by atoms with Gasteiger partial charge in [0.2, 0.25) is 0 Å². The van der Waals surface area contributed by atoms with Gasteiger partial charge in [0.1, 0.15) is 0 Å². The zero-order chi connectivity index (χ0) is 12.1. The summed E-state index contributed by atoms with van der Waals surface area (Å²) in [5, 5.41) is 3.79. The maximum atomic E-state index is 5.34. The van der Waals surface area contributed by atoms with Crippen LogP contribution in [0, 0.1) is 17.8 Å². The molecule has 0 atom stereocenters. The molecule has 1 saturated carbocycles. The predicted molar refractivity (Wildman–Crippen MR) is 72.9 cm³/mol. The van der Waals surface area contributed by atoms with E-state index in [0.717, 1.165) is 12.6 Å². The number of hydrogen-bond acceptors (Lipinski definition) is 2. The molecule has 1 aliphatic heterocycles. The summed E-state index contributed by atoms with van der Waals surface area (Å²) in [6.07, 6.45) is 13.5. The first-order valence-corrected chi connectivity index (χ1v) is 7.17. The predicted octanol–water partition coefficient (Wildman–Crippen LogP) is 2.25. The topological polar surface area (TPSA) is 15.3 Å². The van der Waals surface area contributed by atoms with Crippen molar-refractivity contribution in [3.05, 3.63) is 0 Å². The van der Waals surface area contributed by atoms with E-state index >= 15 is 0 Å². The molecule has 0 bridgehead atoms. The van der Waals surface area contributed by atoms with Crippen LogP contribution in [0.1, 0.15) is 45.4 Å². The van der Waals surface area contributed by atoms with E-state index < -0.39 is 0 Å². The molecule has 2 aliphatic rings. The van der Waals surface area contributed by atoms with Gasteiger partial charge in [0.05, 0.1) is 6.54 Å². The fourth-order valence-corrected chi connectivity index (χ4v) is 3.01. The summed E-state index contributed by atoms with van der Waals surface area (Å²) in [6, 6.07) is 0.735. The third-order valence-electron chi connectivity index (χ3n) is 4.41. The highest BCUT2D eigenvalue weighted by Gasteiger charge is 2.41. The quantitative estimate of drug-likeness (QED) is 0.709. The number of hydrogen-bond donors (Lipinski definition) is 1. The Labute approximate surface area is 106 Å². The van der Waals surface area contributed by atoms with Crippen molar-refractivity contribution in [1.29, 1.82) is 0 Å². The monoisotopic (exact) mass is 234 g/mol. The third-order valence-corrected chi connectivity index (χ3v) is 4.41. The number of terminal acetylenes is 1. The molecule has 0 unspecified atom stereocenters. The van der Waals surface area contributed by atoms with Crippen molar-refractivity contribution < 1.29 is 0 Å². The van der Waals surface area contributed by atoms with Crippen LogP contribution in [-0.2, 0) is 0 Å². The first-order chi connectivity index (χ1) is 8.28. The highest BCUT2D eigenvalue weighted by Crippen LogP contribution is 2.49. The Hall–Kier alpha value is -0.520. The highest BCUT2D eigenvalue weighted by molar-refractivity contribution is 4.96. The lowest BCUT2D eigenvalue weighted by Gasteiger charge is -2.32. The minimum Gasteiger partial charge on any atom is -0.313 e. The summed E-state index contributed by atoms with van der Waals surface area (Å²) in [5.41, 5.74) is 0.685. The van der Waals surface area contributed by atoms with Crippen molar-refractivity contribution >= 4 is 0 Å². The van der Waals surface area contributed by atoms with Crippen LogP contribution in [-0.4, -0.2) is 37.1 Å². The molecule has 2 heteroatoms. The first-order valence-electron chi connectivity index (χ1n) is 7.17. The van der Waals surface area contributed by atoms with Gasteiger partial charge < -0.3 is 5.32 Å². The van der Waals surface area contributed by atoms with Crippen molar-refractivity contribution in [1.82, 2.24) is 10.2 Å². The molecule has 0 aromatic heterocycles. The minimum absolute atomic E-state index is 0.685. The van der Waals surface area contributed by atoms with E-state index in [4.69, 9.17) is 6.42 Å². The maximum absolute atomic E-state index is 5.34. The second-order valence-corrected chi connectivity index (χ2v) is 5.89. The molecular formula is C15H26N2. The molecule has 1 saturated heterocycles. The van der Waals surface area contributed by atoms with Crippen LogP contribution in [0.5, 0.6) is 0 Å². The first kappa shape index (κ1) is 12.9. The molecule has 2 fully saturated rings. The number of likely N-dealkylation sites (tertiary alicyclic amines) is 1. The molecular weight excluding hydrogens is 208 g/mol. The van der Waals surface area contributed by atoms with E-state index in [1.54, 1.807) is 0 Å². The number of rotatable bonds is 6. The van der Waals surface area contributed by atoms with E-state index in [2.05, 4.69) is 23.1 Å². The molecule has 2 rings (SSSR count). The number of nitrogens with one attached hydrogen (secondary N) is 1. The molecule has 1 aliphatic carbocycles. The van der Waals surface area contributed by atoms with Crippen molar-refractivity contribution in [2.45, 2.75) is 51.5 Å². The van der Waals surface area contributed by atoms with E-state index in [9.17, 15) is 0 Å². The third kappa shape index (κ3) is 3.72. The Morgan fingerprint density at radius 3 is 2.59 bits per heavy atom. The van der Waals surface area contributed by atoms with Gasteiger partial charge in [-0.3, -0.25) is 4.90 Å². The van der Waals surface area contributed by atoms with Gasteiger partial charge >= 0.3 is 0 Å². The second kappa shape index (κ2) is 5.89. The van der Waals surface area contributed by atoms with E-state index in [1.807, 2.05) is 0 Å². The van der Waals surface area contributed by atoms with E-state index in [0.29, 0.717) is 5.41 Å². The summed E-state index contributed by atoms with van der Waals surface area (Å²) in [4.78, 5) is 2.39. The van der Waals surface area contributed by atoms with Gasteiger partial charge in [0.25, 0.3) is 0 Å². The average molecular weight is 234 g/mol. The molecule has 96 valence electrons. The smallest absolute Gasteiger partial charge is 0.0598 e. The molecule has 0 spiro atoms. The average Bonchev–Trinajstić information content (AvgIpc) is 3.10. The Morgan fingerprint density at radius 2 is 2.06 bits per heavy atom. The lowest BCUT2D eigenvalue weighted by Crippen LogP contribution is -2.44. The van der Waals surface area contributed by atoms with Gasteiger partial charge in [-0.2, -0.15) is 0 Å². The molecule has 1 N–H and O–H groups in total. The van der Waals surface area contributed by atoms with Gasteiger partial charge in [-0.05, 0) is 37.5 Å². The standard InChI is InChI=1S/C15H26N2/c1-3-7-15(8-9-15)13-16-14-5-11-17(10-4-2)12-6-14/h2,14,16H,3,5-13H2,1H3. The van der Waals surface area contributed by atoms with Gasteiger partial charge in [-0.25, -0.2) is 0 Å². The van der Waals surface area contributed by atoms with Gasteiger partial charge in [-0.1, -0.05) is 19.3 Å². The zero-order valence-electron chi connectivity index (χ0n) is 11.2. The molecule has 0 amide bonds. The van der Waals surface area contributed by atoms with Crippen LogP contribution in [0.2, 0.25) is 0 Å². The van der Waals surface area contributed by atoms with Crippen LogP contribution >= 0.6 is 0 Å². The Balaban J connectivity index is 1.64. The Morgan fingerprint density at radius 1 is 1.35 bits per heavy atom. The normalized spacial score (nSPS) is 24.5. The SMILES string of the molecule is C#CCN1CCC(NCC2(CCC)CC2)CC1. The molecule has 0 radical (unpaired) electrons. The largest absolute Gasteiger partial charge is 0.313 e. The Kier molecular flexibility index (Phi) is 4.48. The maximum Gasteiger partial charge on any atom is 0.0598 e. The fourth-order valence-electron chi connectivity index (χ4n) is 3.01. The molecule has 0 aromatic rings. The van der Waals surface area contributed by atoms with Crippen LogP contribution in [0.25, 0.3) is 0 Å². The van der Waals surface area contributed by atoms with Crippen molar-refractivity contribution in [2.75, 3.05) is 26.2 Å². The summed E-state index contributed by atoms with van der Waals surface area (Å²) in [6.45, 7) is 6.72. The van der Waals surface area contributed by atoms with Crippen LogP contribution in [0.15, 0.2) is 0 Å². The molecule has 17 heavy (non-hydrogen) atoms. The molecule has 0 aromatic carbocycles. The van der Waals surface area contributed by atoms with Crippen LogP contribution in [0.3, 0.4) is 0 Å². The fraction of sp³-hybridized carbons (Fsp3) is 0.867. The second-order valence-electron chi connectivity index (χ2n) is 5.89. The van der Waals surface area contributed by atoms with Gasteiger partial charge in [0, 0.05) is 25.7 Å². The van der Waals surface area contributed by atoms with E-state index in [1.165, 1.54) is 58.2 Å². The van der Waals surface area contributed by atoms with Crippen molar-refractivity contribution in [3.63, 3.8) is 0 Å². The highest BCUT2D eigenvalue weighted by atomic mass is 15.1. The van der Waals surface area contributed by atoms with Crippen LogP contribution in [0.4, 0.5) is 0 Å². The Bertz CT molecular complexity index is 267. The van der Waals surface area contributed by atoms with Crippen molar-refractivity contribution in [3.8, 4) is 12.3 Å². The number of nitrogens with zero attached hydrogens (tertiary/aromatic N) is 1. The zero-order valence-corrected chi connectivity index (χ0v) is 11.2. The summed E-state index contributed by atoms with van der Waals surface area (Å²) in [5.74, 6) is 2.74. The van der Waals surface area contributed by atoms with Crippen molar-refractivity contribution in [2.24, 2.45) is 5.41 Å². The molecule has 1 heterocycles. The lowest BCUT2D eigenvalue weighted by molar-refractivity contribution is 0.211. The summed E-state index contributed by atoms with van der Waals surface area (Å²) >= 11 is 0. The van der Waals surface area contributed by atoms with Gasteiger partial charge in [0.15, 0.2) is 0 Å².